The van der Waals surface area contributed by atoms with Gasteiger partial charge in [0.1, 0.15) is 12.3 Å². The lowest BCUT2D eigenvalue weighted by atomic mass is 10.0. The van der Waals surface area contributed by atoms with E-state index in [-0.39, 0.29) is 30.3 Å². The second-order valence-corrected chi connectivity index (χ2v) is 8.40. The molecule has 3 aromatic rings. The minimum atomic E-state index is -1.59. The van der Waals surface area contributed by atoms with Crippen LogP contribution in [0.1, 0.15) is 37.3 Å². The van der Waals surface area contributed by atoms with Gasteiger partial charge < -0.3 is 19.5 Å². The molecule has 4 rings (SSSR count). The van der Waals surface area contributed by atoms with Crippen LogP contribution in [0.5, 0.6) is 17.4 Å². The summed E-state index contributed by atoms with van der Waals surface area (Å²) in [5.74, 6) is -6.36. The standard InChI is InChI=1S/C27H24F3N3O4/c1-2-35-27(34)18-9-6-10-19(18)32-24-22(28)25(30)33-26(23(24)29)37-21-13-17(14-31)11-12-20(21)36-15-16-7-4-3-5-8-16/h3-5,7-8,11-13,18-19H,2,6,9-10,15H2,1H3,(H,32,33). The van der Waals surface area contributed by atoms with Gasteiger partial charge >= 0.3 is 5.97 Å². The number of rotatable bonds is 9. The zero-order chi connectivity index (χ0) is 26.4. The highest BCUT2D eigenvalue weighted by Crippen LogP contribution is 2.38. The molecule has 1 N–H and O–H groups in total. The summed E-state index contributed by atoms with van der Waals surface area (Å²) in [5.41, 5.74) is 0.215. The molecule has 2 atom stereocenters. The van der Waals surface area contributed by atoms with Gasteiger partial charge in [-0.05, 0) is 37.5 Å². The van der Waals surface area contributed by atoms with E-state index in [2.05, 4.69) is 10.3 Å². The molecule has 1 heterocycles. The second kappa shape index (κ2) is 11.6. The largest absolute Gasteiger partial charge is 0.485 e. The van der Waals surface area contributed by atoms with Gasteiger partial charge in [-0.15, -0.1) is 0 Å². The minimum Gasteiger partial charge on any atom is -0.485 e. The van der Waals surface area contributed by atoms with Crippen molar-refractivity contribution in [2.75, 3.05) is 11.9 Å². The lowest BCUT2D eigenvalue weighted by molar-refractivity contribution is -0.148. The fraction of sp³-hybridized carbons (Fsp3) is 0.296. The first kappa shape index (κ1) is 25.8. The number of halogens is 3. The highest BCUT2D eigenvalue weighted by Gasteiger charge is 2.36. The van der Waals surface area contributed by atoms with Gasteiger partial charge in [0.15, 0.2) is 11.5 Å². The van der Waals surface area contributed by atoms with Gasteiger partial charge in [-0.1, -0.05) is 36.8 Å². The van der Waals surface area contributed by atoms with E-state index in [9.17, 15) is 18.8 Å². The molecule has 1 fully saturated rings. The fourth-order valence-electron chi connectivity index (χ4n) is 4.15. The monoisotopic (exact) mass is 511 g/mol. The van der Waals surface area contributed by atoms with Crippen LogP contribution in [-0.4, -0.2) is 23.6 Å². The molecule has 7 nitrogen and oxygen atoms in total. The van der Waals surface area contributed by atoms with Crippen LogP contribution in [-0.2, 0) is 16.1 Å². The number of benzene rings is 2. The first-order chi connectivity index (χ1) is 17.9. The van der Waals surface area contributed by atoms with Crippen LogP contribution in [0.2, 0.25) is 0 Å². The summed E-state index contributed by atoms with van der Waals surface area (Å²) in [5, 5.41) is 11.9. The molecule has 1 aliphatic rings. The fourth-order valence-corrected chi connectivity index (χ4v) is 4.15. The van der Waals surface area contributed by atoms with Crippen molar-refractivity contribution in [1.29, 1.82) is 5.26 Å². The van der Waals surface area contributed by atoms with Gasteiger partial charge in [-0.25, -0.2) is 0 Å². The number of ether oxygens (including phenoxy) is 3. The van der Waals surface area contributed by atoms with E-state index in [0.29, 0.717) is 19.3 Å². The van der Waals surface area contributed by atoms with Crippen LogP contribution in [0.3, 0.4) is 0 Å². The van der Waals surface area contributed by atoms with Gasteiger partial charge in [0.25, 0.3) is 11.8 Å². The third-order valence-electron chi connectivity index (χ3n) is 5.96. The maximum atomic E-state index is 15.4. The summed E-state index contributed by atoms with van der Waals surface area (Å²) in [4.78, 5) is 15.5. The van der Waals surface area contributed by atoms with Crippen molar-refractivity contribution in [3.05, 3.63) is 77.2 Å². The predicted octanol–water partition coefficient (Wildman–Crippen LogP) is 5.89. The maximum Gasteiger partial charge on any atom is 0.311 e. The van der Waals surface area contributed by atoms with Gasteiger partial charge in [0.2, 0.25) is 11.6 Å². The highest BCUT2D eigenvalue weighted by molar-refractivity contribution is 5.74. The van der Waals surface area contributed by atoms with Crippen molar-refractivity contribution >= 4 is 11.7 Å². The Labute approximate surface area is 211 Å². The molecule has 10 heteroatoms. The van der Waals surface area contributed by atoms with Crippen molar-refractivity contribution in [2.24, 2.45) is 5.92 Å². The number of hydrogen-bond donors (Lipinski definition) is 1. The molecule has 1 aromatic heterocycles. The molecule has 0 radical (unpaired) electrons. The van der Waals surface area contributed by atoms with Crippen molar-refractivity contribution < 1.29 is 32.2 Å². The van der Waals surface area contributed by atoms with Crippen LogP contribution in [0, 0.1) is 34.8 Å². The smallest absolute Gasteiger partial charge is 0.311 e. The Bertz CT molecular complexity index is 1310. The Hall–Kier alpha value is -4.26. The third-order valence-corrected chi connectivity index (χ3v) is 5.96. The van der Waals surface area contributed by atoms with Crippen molar-refractivity contribution in [2.45, 2.75) is 38.8 Å². The highest BCUT2D eigenvalue weighted by atomic mass is 19.2. The predicted molar refractivity (Wildman–Crippen MR) is 128 cm³/mol. The Morgan fingerprint density at radius 3 is 2.62 bits per heavy atom. The number of pyridine rings is 1. The summed E-state index contributed by atoms with van der Waals surface area (Å²) in [6, 6.07) is 14.7. The number of anilines is 1. The van der Waals surface area contributed by atoms with Crippen LogP contribution < -0.4 is 14.8 Å². The molecule has 0 spiro atoms. The molecule has 1 saturated carbocycles. The van der Waals surface area contributed by atoms with Gasteiger partial charge in [0, 0.05) is 12.1 Å². The molecule has 1 aliphatic carbocycles. The normalized spacial score (nSPS) is 16.6. The van der Waals surface area contributed by atoms with E-state index >= 15 is 4.39 Å². The average molecular weight is 512 g/mol. The van der Waals surface area contributed by atoms with Crippen LogP contribution in [0.25, 0.3) is 0 Å². The van der Waals surface area contributed by atoms with E-state index in [1.807, 2.05) is 36.4 Å². The second-order valence-electron chi connectivity index (χ2n) is 8.40. The summed E-state index contributed by atoms with van der Waals surface area (Å²) < 4.78 is 60.8. The van der Waals surface area contributed by atoms with E-state index in [4.69, 9.17) is 14.2 Å². The summed E-state index contributed by atoms with van der Waals surface area (Å²) in [6.45, 7) is 1.97. The summed E-state index contributed by atoms with van der Waals surface area (Å²) in [7, 11) is 0. The number of nitriles is 1. The molecular formula is C27H24F3N3O4. The number of aromatic nitrogens is 1. The Kier molecular flexibility index (Phi) is 8.13. The van der Waals surface area contributed by atoms with Gasteiger partial charge in [-0.2, -0.15) is 23.4 Å². The maximum absolute atomic E-state index is 15.4. The van der Waals surface area contributed by atoms with E-state index in [1.54, 1.807) is 6.92 Å². The van der Waals surface area contributed by atoms with Gasteiger partial charge in [-0.3, -0.25) is 4.79 Å². The topological polar surface area (TPSA) is 93.5 Å². The zero-order valence-corrected chi connectivity index (χ0v) is 20.0. The first-order valence-corrected chi connectivity index (χ1v) is 11.8. The lowest BCUT2D eigenvalue weighted by Gasteiger charge is -2.22. The zero-order valence-electron chi connectivity index (χ0n) is 20.0. The molecule has 192 valence electrons. The molecule has 0 aliphatic heterocycles. The van der Waals surface area contributed by atoms with Crippen molar-refractivity contribution in [3.63, 3.8) is 0 Å². The third kappa shape index (κ3) is 5.94. The first-order valence-electron chi connectivity index (χ1n) is 11.8. The van der Waals surface area contributed by atoms with Crippen molar-refractivity contribution in [1.82, 2.24) is 4.98 Å². The lowest BCUT2D eigenvalue weighted by Crippen LogP contribution is -2.32. The quantitative estimate of drug-likeness (QED) is 0.283. The Morgan fingerprint density at radius 2 is 1.89 bits per heavy atom. The van der Waals surface area contributed by atoms with Crippen LogP contribution in [0.15, 0.2) is 48.5 Å². The number of nitrogens with one attached hydrogen (secondary N) is 1. The SMILES string of the molecule is CCOC(=O)C1CCCC1Nc1c(F)c(F)nc(Oc2cc(C#N)ccc2OCc2ccccc2)c1F. The van der Waals surface area contributed by atoms with Crippen LogP contribution in [0.4, 0.5) is 18.9 Å². The molecule has 0 bridgehead atoms. The number of esters is 1. The van der Waals surface area contributed by atoms with Crippen LogP contribution >= 0.6 is 0 Å². The summed E-state index contributed by atoms with van der Waals surface area (Å²) in [6.07, 6.45) is 1.54. The molecule has 0 saturated heterocycles. The average Bonchev–Trinajstić information content (AvgIpc) is 3.38. The van der Waals surface area contributed by atoms with Crippen molar-refractivity contribution in [3.8, 4) is 23.4 Å². The number of hydrogen-bond acceptors (Lipinski definition) is 7. The molecule has 37 heavy (non-hydrogen) atoms. The molecule has 0 amide bonds. The molecule has 2 unspecified atom stereocenters. The minimum absolute atomic E-state index is 0.108. The number of carbonyl (C=O) groups excluding carboxylic acids is 1. The molecular weight excluding hydrogens is 487 g/mol. The van der Waals surface area contributed by atoms with E-state index in [1.165, 1.54) is 18.2 Å². The summed E-state index contributed by atoms with van der Waals surface area (Å²) >= 11 is 0. The number of nitrogens with zero attached hydrogens (tertiary/aromatic N) is 2. The molecule has 2 aromatic carbocycles. The van der Waals surface area contributed by atoms with Gasteiger partial charge in [0.05, 0.1) is 24.2 Å². The number of carbonyl (C=O) groups is 1. The Balaban J connectivity index is 1.62. The van der Waals surface area contributed by atoms with E-state index in [0.717, 1.165) is 5.56 Å². The Morgan fingerprint density at radius 1 is 1.11 bits per heavy atom. The van der Waals surface area contributed by atoms with E-state index < -0.39 is 47.1 Å².